The minimum absolute atomic E-state index is 0.0473. The third kappa shape index (κ3) is 4.32. The normalized spacial score (nSPS) is 11.9. The summed E-state index contributed by atoms with van der Waals surface area (Å²) in [7, 11) is 0. The molecule has 0 spiro atoms. The molecular weight excluding hydrogens is 438 g/mol. The van der Waals surface area contributed by atoms with E-state index in [0.29, 0.717) is 28.8 Å². The Balaban J connectivity index is 1.79. The molecule has 0 radical (unpaired) electrons. The summed E-state index contributed by atoms with van der Waals surface area (Å²) in [5, 5.41) is 21.2. The summed E-state index contributed by atoms with van der Waals surface area (Å²) in [5.41, 5.74) is 4.60. The minimum Gasteiger partial charge on any atom is -0.453 e. The van der Waals surface area contributed by atoms with Crippen LogP contribution in [0.5, 0.6) is 0 Å². The average Bonchev–Trinajstić information content (AvgIpc) is 2.88. The van der Waals surface area contributed by atoms with E-state index in [-0.39, 0.29) is 6.61 Å². The van der Waals surface area contributed by atoms with Gasteiger partial charge in [-0.3, -0.25) is 0 Å². The summed E-state index contributed by atoms with van der Waals surface area (Å²) < 4.78 is 8.26. The lowest BCUT2D eigenvalue weighted by atomic mass is 10.0. The molecule has 0 amide bonds. The Kier molecular flexibility index (Phi) is 6.13. The summed E-state index contributed by atoms with van der Waals surface area (Å²) in [4.78, 5) is 12.1. The summed E-state index contributed by atoms with van der Waals surface area (Å²) in [5.74, 6) is 0.629. The van der Waals surface area contributed by atoms with E-state index in [0.717, 1.165) is 46.4 Å². The third-order valence-corrected chi connectivity index (χ3v) is 6.16. The van der Waals surface area contributed by atoms with Gasteiger partial charge < -0.3 is 14.4 Å². The first-order valence-corrected chi connectivity index (χ1v) is 11.7. The predicted molar refractivity (Wildman–Crippen MR) is 135 cm³/mol. The lowest BCUT2D eigenvalue weighted by molar-refractivity contribution is -0.697. The van der Waals surface area contributed by atoms with Gasteiger partial charge in [0.15, 0.2) is 30.3 Å². The van der Waals surface area contributed by atoms with Crippen LogP contribution >= 0.6 is 0 Å². The van der Waals surface area contributed by atoms with E-state index in [1.807, 2.05) is 59.4 Å². The maximum Gasteiger partial charge on any atom is 0.194 e. The van der Waals surface area contributed by atoms with Crippen LogP contribution in [0.3, 0.4) is 0 Å². The molecule has 2 aromatic carbocycles. The molecular formula is C28H26N5O2+. The van der Waals surface area contributed by atoms with E-state index in [1.54, 1.807) is 6.07 Å². The number of nitriles is 1. The number of hydrogen-bond acceptors (Lipinski definition) is 6. The van der Waals surface area contributed by atoms with Gasteiger partial charge in [-0.15, -0.1) is 0 Å². The molecule has 1 N–H and O–H groups in total. The number of aliphatic hydroxyl groups excluding tert-OH is 1. The zero-order valence-electron chi connectivity index (χ0n) is 19.8. The zero-order chi connectivity index (χ0) is 24.4. The highest BCUT2D eigenvalue weighted by Crippen LogP contribution is 2.32. The second-order valence-corrected chi connectivity index (χ2v) is 8.29. The Morgan fingerprint density at radius 1 is 1.09 bits per heavy atom. The fourth-order valence-corrected chi connectivity index (χ4v) is 4.39. The van der Waals surface area contributed by atoms with Crippen molar-refractivity contribution in [1.29, 1.82) is 5.26 Å². The van der Waals surface area contributed by atoms with Crippen molar-refractivity contribution in [1.82, 2.24) is 4.98 Å². The molecule has 174 valence electrons. The van der Waals surface area contributed by atoms with Gasteiger partial charge in [-0.25, -0.2) is 14.5 Å². The van der Waals surface area contributed by atoms with Gasteiger partial charge in [0.25, 0.3) is 0 Å². The quantitative estimate of drug-likeness (QED) is 0.230. The number of rotatable bonds is 6. The maximum atomic E-state index is 9.49. The van der Waals surface area contributed by atoms with Crippen molar-refractivity contribution in [2.75, 3.05) is 24.6 Å². The molecule has 2 aliphatic rings. The smallest absolute Gasteiger partial charge is 0.194 e. The fraction of sp³-hybridized carbons (Fsp3) is 0.214. The highest BCUT2D eigenvalue weighted by atomic mass is 16.3. The van der Waals surface area contributed by atoms with Crippen LogP contribution in [0, 0.1) is 11.3 Å². The van der Waals surface area contributed by atoms with E-state index in [4.69, 9.17) is 14.4 Å². The Morgan fingerprint density at radius 3 is 2.71 bits per heavy atom. The average molecular weight is 465 g/mol. The molecule has 0 bridgehead atoms. The summed E-state index contributed by atoms with van der Waals surface area (Å²) in [6.07, 6.45) is 3.77. The molecule has 1 aliphatic heterocycles. The molecule has 1 aliphatic carbocycles. The number of pyridine rings is 1. The van der Waals surface area contributed by atoms with E-state index in [1.165, 1.54) is 0 Å². The number of benzene rings is 3. The molecule has 5 rings (SSSR count). The third-order valence-electron chi connectivity index (χ3n) is 6.16. The second kappa shape index (κ2) is 9.53. The van der Waals surface area contributed by atoms with Gasteiger partial charge in [-0.05, 0) is 44.2 Å². The van der Waals surface area contributed by atoms with Gasteiger partial charge in [0.2, 0.25) is 0 Å². The van der Waals surface area contributed by atoms with Gasteiger partial charge in [0.05, 0.1) is 17.0 Å². The Hall–Kier alpha value is -4.28. The Bertz CT molecular complexity index is 1610. The van der Waals surface area contributed by atoms with Crippen molar-refractivity contribution < 1.29 is 14.1 Å². The Labute approximate surface area is 203 Å². The van der Waals surface area contributed by atoms with Crippen LogP contribution in [0.2, 0.25) is 0 Å². The molecule has 3 aromatic rings. The summed E-state index contributed by atoms with van der Waals surface area (Å²) >= 11 is 0. The molecule has 0 saturated heterocycles. The molecule has 1 aromatic heterocycles. The van der Waals surface area contributed by atoms with Crippen LogP contribution in [0.15, 0.2) is 76.4 Å². The molecule has 0 atom stereocenters. The fourth-order valence-electron chi connectivity index (χ4n) is 4.39. The van der Waals surface area contributed by atoms with Crippen LogP contribution in [0.25, 0.3) is 33.3 Å². The largest absolute Gasteiger partial charge is 0.453 e. The van der Waals surface area contributed by atoms with Crippen molar-refractivity contribution in [3.05, 3.63) is 77.9 Å². The maximum absolute atomic E-state index is 9.49. The standard InChI is InChI=1S/C28H26N5O2/c1-3-33(4-2)21-8-10-24-26(15-21)35-27-16-25(30-20-6-5-11-32(18-20)12-13-34)23-14-19(17-29)7-9-22(23)28(27)31-24/h5-11,14-16,18,34H,3-4,12-13H2,1-2H3/q+1. The molecule has 0 saturated carbocycles. The molecule has 0 unspecified atom stereocenters. The lowest BCUT2D eigenvalue weighted by Gasteiger charge is -2.21. The van der Waals surface area contributed by atoms with Crippen LogP contribution < -0.4 is 14.8 Å². The van der Waals surface area contributed by atoms with Crippen molar-refractivity contribution in [3.8, 4) is 17.5 Å². The van der Waals surface area contributed by atoms with E-state index in [9.17, 15) is 10.4 Å². The molecule has 7 heteroatoms. The first kappa shape index (κ1) is 22.5. The van der Waals surface area contributed by atoms with Gasteiger partial charge in [-0.1, -0.05) is 6.07 Å². The summed E-state index contributed by atoms with van der Waals surface area (Å²) in [6, 6.07) is 19.5. The predicted octanol–water partition coefficient (Wildman–Crippen LogP) is 4.32. The number of hydrogen-bond donors (Lipinski definition) is 1. The molecule has 0 fully saturated rings. The van der Waals surface area contributed by atoms with E-state index in [2.05, 4.69) is 30.9 Å². The van der Waals surface area contributed by atoms with Crippen LogP contribution in [0.1, 0.15) is 19.4 Å². The van der Waals surface area contributed by atoms with Gasteiger partial charge in [0, 0.05) is 47.7 Å². The van der Waals surface area contributed by atoms with Crippen molar-refractivity contribution in [3.63, 3.8) is 0 Å². The van der Waals surface area contributed by atoms with Crippen LogP contribution in [0.4, 0.5) is 11.4 Å². The number of aromatic nitrogens is 2. The molecule has 2 heterocycles. The van der Waals surface area contributed by atoms with Crippen LogP contribution in [-0.4, -0.2) is 29.8 Å². The topological polar surface area (TPSA) is 89.5 Å². The highest BCUT2D eigenvalue weighted by molar-refractivity contribution is 5.97. The SMILES string of the molecule is CCN(CC)c1ccc2nc3c4ccc(C#N)cc4c(=Nc4ccc[n+](CCO)c4)cc-3oc2c1. The zero-order valence-corrected chi connectivity index (χ0v) is 19.8. The number of fused-ring (bicyclic) bond motifs is 4. The minimum atomic E-state index is 0.0473. The van der Waals surface area contributed by atoms with Crippen molar-refractivity contribution >= 4 is 33.2 Å². The highest BCUT2D eigenvalue weighted by Gasteiger charge is 2.16. The van der Waals surface area contributed by atoms with Gasteiger partial charge in [-0.2, -0.15) is 5.26 Å². The van der Waals surface area contributed by atoms with Crippen molar-refractivity contribution in [2.45, 2.75) is 20.4 Å². The first-order valence-electron chi connectivity index (χ1n) is 11.7. The molecule has 35 heavy (non-hydrogen) atoms. The Morgan fingerprint density at radius 2 is 1.94 bits per heavy atom. The van der Waals surface area contributed by atoms with E-state index < -0.39 is 0 Å². The van der Waals surface area contributed by atoms with Gasteiger partial charge in [0.1, 0.15) is 23.5 Å². The monoisotopic (exact) mass is 464 g/mol. The number of nitrogens with zero attached hydrogens (tertiary/aromatic N) is 5. The molecule has 7 nitrogen and oxygen atoms in total. The number of aliphatic hydroxyl groups is 1. The van der Waals surface area contributed by atoms with Gasteiger partial charge >= 0.3 is 0 Å². The second-order valence-electron chi connectivity index (χ2n) is 8.29. The number of anilines is 1. The van der Waals surface area contributed by atoms with Crippen LogP contribution in [-0.2, 0) is 6.54 Å². The van der Waals surface area contributed by atoms with E-state index >= 15 is 0 Å². The lowest BCUT2D eigenvalue weighted by Crippen LogP contribution is -2.34. The van der Waals surface area contributed by atoms with Crippen molar-refractivity contribution in [2.24, 2.45) is 4.99 Å². The summed E-state index contributed by atoms with van der Waals surface area (Å²) in [6.45, 7) is 6.61. The first-order chi connectivity index (χ1) is 17.1.